The number of nitriles is 1. The first-order chi connectivity index (χ1) is 29.2. The van der Waals surface area contributed by atoms with Gasteiger partial charge in [-0.15, -0.1) is 0 Å². The van der Waals surface area contributed by atoms with Crippen molar-refractivity contribution in [2.24, 2.45) is 0 Å². The van der Waals surface area contributed by atoms with Gasteiger partial charge in [-0.25, -0.2) is 0 Å². The molecule has 0 aliphatic carbocycles. The van der Waals surface area contributed by atoms with Gasteiger partial charge in [-0.2, -0.15) is 5.26 Å². The second-order valence-electron chi connectivity index (χ2n) is 14.8. The first-order valence-corrected chi connectivity index (χ1v) is 21.9. The van der Waals surface area contributed by atoms with E-state index in [0.29, 0.717) is 5.56 Å². The van der Waals surface area contributed by atoms with E-state index in [4.69, 9.17) is 4.42 Å². The minimum Gasteiger partial charge on any atom is -0.455 e. The van der Waals surface area contributed by atoms with E-state index in [2.05, 4.69) is 205 Å². The van der Waals surface area contributed by atoms with Crippen molar-refractivity contribution < 1.29 is 4.42 Å². The van der Waals surface area contributed by atoms with Crippen LogP contribution in [0.15, 0.2) is 235 Å². The molecule has 0 aliphatic rings. The van der Waals surface area contributed by atoms with Crippen molar-refractivity contribution in [1.29, 1.82) is 5.26 Å². The van der Waals surface area contributed by atoms with Gasteiger partial charge in [0, 0.05) is 33.4 Å². The van der Waals surface area contributed by atoms with Crippen LogP contribution in [0.25, 0.3) is 44.2 Å². The number of benzene rings is 9. The van der Waals surface area contributed by atoms with Crippen LogP contribution < -0.4 is 25.6 Å². The number of hydrogen-bond acceptors (Lipinski definition) is 3. The van der Waals surface area contributed by atoms with Crippen LogP contribution in [0.2, 0.25) is 0 Å². The fraction of sp³-hybridized carbons (Fsp3) is 0. The Balaban J connectivity index is 1.01. The molecule has 9 aromatic carbocycles. The van der Waals surface area contributed by atoms with Crippen molar-refractivity contribution in [2.45, 2.75) is 0 Å². The van der Waals surface area contributed by atoms with E-state index in [0.717, 1.165) is 61.3 Å². The van der Waals surface area contributed by atoms with Crippen LogP contribution >= 0.6 is 0 Å². The summed E-state index contributed by atoms with van der Waals surface area (Å²) in [5.74, 6) is 0. The lowest BCUT2D eigenvalue weighted by Gasteiger charge is -2.34. The SMILES string of the molecule is N#Cc1ccc(N(c2ccc(-c3ccc([Si](c4ccccc4)(c4ccccc4)c4ccccc4)cc3)cc2)c2ccc(-c3cccc4c3oc3ccccc34)cc2)cc1. The molecule has 59 heavy (non-hydrogen) atoms. The molecule has 1 aromatic heterocycles. The molecule has 0 bridgehead atoms. The molecule has 0 spiro atoms. The third-order valence-corrected chi connectivity index (χ3v) is 16.3. The van der Waals surface area contributed by atoms with E-state index in [1.54, 1.807) is 0 Å². The molecule has 0 saturated carbocycles. The molecule has 10 aromatic rings. The topological polar surface area (TPSA) is 40.2 Å². The van der Waals surface area contributed by atoms with Crippen molar-refractivity contribution in [3.05, 3.63) is 236 Å². The summed E-state index contributed by atoms with van der Waals surface area (Å²) in [5, 5.41) is 17.2. The highest BCUT2D eigenvalue weighted by molar-refractivity contribution is 7.19. The summed E-state index contributed by atoms with van der Waals surface area (Å²) >= 11 is 0. The van der Waals surface area contributed by atoms with Gasteiger partial charge in [-0.1, -0.05) is 176 Å². The molecule has 0 saturated heterocycles. The molecule has 0 fully saturated rings. The van der Waals surface area contributed by atoms with Gasteiger partial charge in [-0.3, -0.25) is 0 Å². The van der Waals surface area contributed by atoms with Crippen LogP contribution in [0.1, 0.15) is 5.56 Å². The quantitative estimate of drug-likeness (QED) is 0.108. The van der Waals surface area contributed by atoms with Crippen LogP contribution in [-0.2, 0) is 0 Å². The zero-order chi connectivity index (χ0) is 39.6. The summed E-state index contributed by atoms with van der Waals surface area (Å²) in [7, 11) is -2.61. The van der Waals surface area contributed by atoms with Crippen molar-refractivity contribution in [3.63, 3.8) is 0 Å². The molecular formula is C55H38N2OSi. The Kier molecular flexibility index (Phi) is 9.27. The fourth-order valence-electron chi connectivity index (χ4n) is 8.68. The summed E-state index contributed by atoms with van der Waals surface area (Å²) < 4.78 is 6.37. The maximum absolute atomic E-state index is 9.57. The van der Waals surface area contributed by atoms with E-state index < -0.39 is 8.07 Å². The molecule has 0 N–H and O–H groups in total. The van der Waals surface area contributed by atoms with Crippen molar-refractivity contribution in [2.75, 3.05) is 4.90 Å². The summed E-state index contributed by atoms with van der Waals surface area (Å²) in [6, 6.07) is 84.3. The van der Waals surface area contributed by atoms with Gasteiger partial charge in [-0.05, 0) is 92.0 Å². The van der Waals surface area contributed by atoms with Crippen molar-refractivity contribution in [3.8, 4) is 28.3 Å². The third-order valence-electron chi connectivity index (χ3n) is 11.5. The number of furan rings is 1. The molecule has 0 atom stereocenters. The van der Waals surface area contributed by atoms with E-state index in [1.807, 2.05) is 36.4 Å². The number of nitrogens with zero attached hydrogens (tertiary/aromatic N) is 2. The zero-order valence-electron chi connectivity index (χ0n) is 32.2. The average Bonchev–Trinajstić information content (AvgIpc) is 3.71. The Morgan fingerprint density at radius 1 is 0.373 bits per heavy atom. The van der Waals surface area contributed by atoms with Crippen LogP contribution in [0, 0.1) is 11.3 Å². The van der Waals surface area contributed by atoms with E-state index in [9.17, 15) is 5.26 Å². The van der Waals surface area contributed by atoms with Gasteiger partial charge >= 0.3 is 0 Å². The van der Waals surface area contributed by atoms with Crippen molar-refractivity contribution in [1.82, 2.24) is 0 Å². The Labute approximate surface area is 345 Å². The third kappa shape index (κ3) is 6.41. The summed E-state index contributed by atoms with van der Waals surface area (Å²) in [6.45, 7) is 0. The highest BCUT2D eigenvalue weighted by Gasteiger charge is 2.41. The number of para-hydroxylation sites is 2. The molecule has 0 amide bonds. The predicted octanol–water partition coefficient (Wildman–Crippen LogP) is 11.6. The first-order valence-electron chi connectivity index (χ1n) is 19.9. The normalized spacial score (nSPS) is 11.4. The Morgan fingerprint density at radius 3 is 1.32 bits per heavy atom. The molecule has 0 unspecified atom stereocenters. The van der Waals surface area contributed by atoms with Gasteiger partial charge in [0.15, 0.2) is 8.07 Å². The van der Waals surface area contributed by atoms with E-state index >= 15 is 0 Å². The molecule has 4 heteroatoms. The minimum absolute atomic E-state index is 0.626. The number of fused-ring (bicyclic) bond motifs is 3. The maximum Gasteiger partial charge on any atom is 0.179 e. The van der Waals surface area contributed by atoms with E-state index in [-0.39, 0.29) is 0 Å². The highest BCUT2D eigenvalue weighted by Crippen LogP contribution is 2.39. The number of anilines is 3. The highest BCUT2D eigenvalue weighted by atomic mass is 28.3. The van der Waals surface area contributed by atoms with Crippen LogP contribution in [-0.4, -0.2) is 8.07 Å². The maximum atomic E-state index is 9.57. The number of hydrogen-bond donors (Lipinski definition) is 0. The lowest BCUT2D eigenvalue weighted by Crippen LogP contribution is -2.74. The summed E-state index contributed by atoms with van der Waals surface area (Å²) in [4.78, 5) is 2.24. The monoisotopic (exact) mass is 770 g/mol. The number of rotatable bonds is 9. The largest absolute Gasteiger partial charge is 0.455 e. The van der Waals surface area contributed by atoms with Gasteiger partial charge in [0.05, 0.1) is 11.6 Å². The Morgan fingerprint density at radius 2 is 0.797 bits per heavy atom. The second-order valence-corrected chi connectivity index (χ2v) is 18.6. The second kappa shape index (κ2) is 15.3. The average molecular weight is 771 g/mol. The predicted molar refractivity (Wildman–Crippen MR) is 248 cm³/mol. The van der Waals surface area contributed by atoms with Crippen LogP contribution in [0.5, 0.6) is 0 Å². The molecule has 3 nitrogen and oxygen atoms in total. The van der Waals surface area contributed by atoms with Crippen LogP contribution in [0.4, 0.5) is 17.1 Å². The summed E-state index contributed by atoms with van der Waals surface area (Å²) in [5.41, 5.74) is 9.84. The summed E-state index contributed by atoms with van der Waals surface area (Å²) in [6.07, 6.45) is 0. The fourth-order valence-corrected chi connectivity index (χ4v) is 13.4. The van der Waals surface area contributed by atoms with Gasteiger partial charge < -0.3 is 9.32 Å². The first kappa shape index (κ1) is 35.7. The molecule has 0 aliphatic heterocycles. The van der Waals surface area contributed by atoms with Crippen molar-refractivity contribution >= 4 is 67.8 Å². The molecule has 278 valence electrons. The Bertz CT molecular complexity index is 2970. The molecule has 1 heterocycles. The minimum atomic E-state index is -2.61. The van der Waals surface area contributed by atoms with E-state index in [1.165, 1.54) is 20.7 Å². The van der Waals surface area contributed by atoms with Crippen LogP contribution in [0.3, 0.4) is 0 Å². The van der Waals surface area contributed by atoms with Gasteiger partial charge in [0.1, 0.15) is 11.2 Å². The Hall–Kier alpha value is -7.71. The van der Waals surface area contributed by atoms with Gasteiger partial charge in [0.2, 0.25) is 0 Å². The molecule has 10 rings (SSSR count). The smallest absolute Gasteiger partial charge is 0.179 e. The molecule has 0 radical (unpaired) electrons. The molecular weight excluding hydrogens is 733 g/mol. The lowest BCUT2D eigenvalue weighted by molar-refractivity contribution is 0.670. The lowest BCUT2D eigenvalue weighted by atomic mass is 10.0. The van der Waals surface area contributed by atoms with Gasteiger partial charge in [0.25, 0.3) is 0 Å². The zero-order valence-corrected chi connectivity index (χ0v) is 33.2. The standard InChI is InChI=1S/C55H38N2OSi/c56-39-40-23-31-44(32-24-40)57(46-35-27-43(28-36-46)51-20-12-21-53-52-19-10-11-22-54(52)58-55(51)53)45-33-25-41(26-34-45)42-29-37-50(38-30-42)59(47-13-4-1-5-14-47,48-15-6-2-7-16-48)49-17-8-3-9-18-49/h1-38H.